The van der Waals surface area contributed by atoms with Gasteiger partial charge in [0, 0.05) is 19.2 Å². The quantitative estimate of drug-likeness (QED) is 0.821. The van der Waals surface area contributed by atoms with Gasteiger partial charge in [0.1, 0.15) is 17.5 Å². The highest BCUT2D eigenvalue weighted by Gasteiger charge is 2.21. The number of rotatable bonds is 3. The summed E-state index contributed by atoms with van der Waals surface area (Å²) >= 11 is 0. The number of nitrogens with one attached hydrogen (secondary N) is 2. The fraction of sp³-hybridized carbons (Fsp3) is 0.667. The molecule has 88 valence electrons. The molecule has 0 amide bonds. The maximum Gasteiger partial charge on any atom is 0.132 e. The number of aromatic nitrogens is 2. The van der Waals surface area contributed by atoms with Crippen LogP contribution in [0.3, 0.4) is 0 Å². The van der Waals surface area contributed by atoms with Crippen LogP contribution in [0.5, 0.6) is 0 Å². The molecule has 1 saturated carbocycles. The average Bonchev–Trinajstić information content (AvgIpc) is 2.63. The van der Waals surface area contributed by atoms with Gasteiger partial charge in [-0.15, -0.1) is 0 Å². The van der Waals surface area contributed by atoms with Crippen molar-refractivity contribution in [1.82, 2.24) is 9.97 Å². The van der Waals surface area contributed by atoms with Crippen molar-refractivity contribution in [1.29, 1.82) is 0 Å². The minimum Gasteiger partial charge on any atom is -0.373 e. The molecule has 1 aromatic heterocycles. The van der Waals surface area contributed by atoms with Crippen LogP contribution in [0, 0.1) is 12.8 Å². The van der Waals surface area contributed by atoms with Gasteiger partial charge in [-0.1, -0.05) is 6.92 Å². The van der Waals surface area contributed by atoms with Crippen LogP contribution in [0.25, 0.3) is 0 Å². The van der Waals surface area contributed by atoms with E-state index >= 15 is 0 Å². The molecule has 1 aliphatic carbocycles. The first-order valence-electron chi connectivity index (χ1n) is 5.97. The van der Waals surface area contributed by atoms with Gasteiger partial charge in [-0.3, -0.25) is 0 Å². The Kier molecular flexibility index (Phi) is 3.27. The van der Waals surface area contributed by atoms with Crippen molar-refractivity contribution >= 4 is 11.6 Å². The molecule has 0 aromatic carbocycles. The van der Waals surface area contributed by atoms with Crippen LogP contribution in [0.4, 0.5) is 11.6 Å². The molecule has 2 rings (SSSR count). The average molecular weight is 220 g/mol. The maximum atomic E-state index is 4.41. The monoisotopic (exact) mass is 220 g/mol. The van der Waals surface area contributed by atoms with Crippen molar-refractivity contribution in [3.8, 4) is 0 Å². The third-order valence-electron chi connectivity index (χ3n) is 3.14. The lowest BCUT2D eigenvalue weighted by Gasteiger charge is -2.14. The molecule has 1 heterocycles. The van der Waals surface area contributed by atoms with Crippen molar-refractivity contribution in [2.45, 2.75) is 39.2 Å². The number of hydrogen-bond acceptors (Lipinski definition) is 4. The van der Waals surface area contributed by atoms with E-state index in [9.17, 15) is 0 Å². The van der Waals surface area contributed by atoms with E-state index in [0.717, 1.165) is 23.4 Å². The van der Waals surface area contributed by atoms with E-state index in [1.807, 2.05) is 20.0 Å². The molecule has 0 spiro atoms. The summed E-state index contributed by atoms with van der Waals surface area (Å²) in [6, 6.07) is 2.55. The van der Waals surface area contributed by atoms with Gasteiger partial charge in [-0.25, -0.2) is 9.97 Å². The lowest BCUT2D eigenvalue weighted by Crippen LogP contribution is -2.17. The Bertz CT molecular complexity index is 364. The molecule has 0 aliphatic heterocycles. The summed E-state index contributed by atoms with van der Waals surface area (Å²) in [6.45, 7) is 4.23. The lowest BCUT2D eigenvalue weighted by atomic mass is 10.1. The first kappa shape index (κ1) is 11.2. The number of anilines is 2. The Labute approximate surface area is 96.9 Å². The summed E-state index contributed by atoms with van der Waals surface area (Å²) < 4.78 is 0. The zero-order valence-corrected chi connectivity index (χ0v) is 10.2. The normalized spacial score (nSPS) is 24.4. The predicted molar refractivity (Wildman–Crippen MR) is 66.7 cm³/mol. The molecule has 0 radical (unpaired) electrons. The molecule has 4 heteroatoms. The Morgan fingerprint density at radius 2 is 2.00 bits per heavy atom. The summed E-state index contributed by atoms with van der Waals surface area (Å²) in [5.74, 6) is 3.46. The smallest absolute Gasteiger partial charge is 0.132 e. The van der Waals surface area contributed by atoms with Crippen LogP contribution in [0.15, 0.2) is 6.07 Å². The highest BCUT2D eigenvalue weighted by Crippen LogP contribution is 2.27. The van der Waals surface area contributed by atoms with Crippen LogP contribution >= 0.6 is 0 Å². The summed E-state index contributed by atoms with van der Waals surface area (Å²) in [7, 11) is 1.88. The fourth-order valence-corrected chi connectivity index (χ4v) is 2.32. The Morgan fingerprint density at radius 3 is 2.62 bits per heavy atom. The van der Waals surface area contributed by atoms with E-state index in [2.05, 4.69) is 27.5 Å². The molecule has 16 heavy (non-hydrogen) atoms. The van der Waals surface area contributed by atoms with Crippen molar-refractivity contribution < 1.29 is 0 Å². The van der Waals surface area contributed by atoms with Crippen molar-refractivity contribution in [3.05, 3.63) is 11.9 Å². The minimum absolute atomic E-state index is 0.578. The lowest BCUT2D eigenvalue weighted by molar-refractivity contribution is 0.602. The number of nitrogens with zero attached hydrogens (tertiary/aromatic N) is 2. The Balaban J connectivity index is 2.06. The van der Waals surface area contributed by atoms with Gasteiger partial charge >= 0.3 is 0 Å². The van der Waals surface area contributed by atoms with Gasteiger partial charge in [0.05, 0.1) is 0 Å². The molecule has 4 nitrogen and oxygen atoms in total. The molecule has 2 N–H and O–H groups in total. The Morgan fingerprint density at radius 1 is 1.25 bits per heavy atom. The van der Waals surface area contributed by atoms with Crippen molar-refractivity contribution in [2.24, 2.45) is 5.92 Å². The molecule has 1 fully saturated rings. The summed E-state index contributed by atoms with van der Waals surface area (Å²) in [4.78, 5) is 8.69. The van der Waals surface area contributed by atoms with Gasteiger partial charge in [0.25, 0.3) is 0 Å². The van der Waals surface area contributed by atoms with Crippen molar-refractivity contribution in [3.63, 3.8) is 0 Å². The first-order valence-corrected chi connectivity index (χ1v) is 5.97. The van der Waals surface area contributed by atoms with Gasteiger partial charge in [-0.2, -0.15) is 0 Å². The van der Waals surface area contributed by atoms with E-state index in [-0.39, 0.29) is 0 Å². The molecule has 2 atom stereocenters. The third kappa shape index (κ3) is 2.62. The largest absolute Gasteiger partial charge is 0.373 e. The zero-order valence-electron chi connectivity index (χ0n) is 10.2. The zero-order chi connectivity index (χ0) is 11.5. The predicted octanol–water partition coefficient (Wildman–Crippen LogP) is 2.43. The molecule has 0 saturated heterocycles. The van der Waals surface area contributed by atoms with E-state index < -0.39 is 0 Å². The minimum atomic E-state index is 0.578. The maximum absolute atomic E-state index is 4.41. The van der Waals surface area contributed by atoms with Crippen LogP contribution < -0.4 is 10.6 Å². The molecular formula is C12H20N4. The third-order valence-corrected chi connectivity index (χ3v) is 3.14. The van der Waals surface area contributed by atoms with Gasteiger partial charge in [0.2, 0.25) is 0 Å². The van der Waals surface area contributed by atoms with Crippen LogP contribution in [-0.4, -0.2) is 23.1 Å². The number of aryl methyl sites for hydroxylation is 1. The second-order valence-corrected chi connectivity index (χ2v) is 4.70. The molecule has 0 bridgehead atoms. The SMILES string of the molecule is CNc1cc(NC2CCC(C)C2)nc(C)n1. The summed E-state index contributed by atoms with van der Waals surface area (Å²) in [5, 5.41) is 6.55. The van der Waals surface area contributed by atoms with E-state index in [0.29, 0.717) is 6.04 Å². The summed E-state index contributed by atoms with van der Waals surface area (Å²) in [5.41, 5.74) is 0. The topological polar surface area (TPSA) is 49.8 Å². The van der Waals surface area contributed by atoms with Crippen LogP contribution in [0.1, 0.15) is 32.0 Å². The van der Waals surface area contributed by atoms with E-state index in [1.165, 1.54) is 19.3 Å². The second kappa shape index (κ2) is 4.68. The molecular weight excluding hydrogens is 200 g/mol. The highest BCUT2D eigenvalue weighted by atomic mass is 15.1. The van der Waals surface area contributed by atoms with E-state index in [1.54, 1.807) is 0 Å². The summed E-state index contributed by atoms with van der Waals surface area (Å²) in [6.07, 6.45) is 3.82. The van der Waals surface area contributed by atoms with E-state index in [4.69, 9.17) is 0 Å². The number of hydrogen-bond donors (Lipinski definition) is 2. The van der Waals surface area contributed by atoms with Crippen LogP contribution in [-0.2, 0) is 0 Å². The fourth-order valence-electron chi connectivity index (χ4n) is 2.32. The van der Waals surface area contributed by atoms with Crippen LogP contribution in [0.2, 0.25) is 0 Å². The second-order valence-electron chi connectivity index (χ2n) is 4.70. The first-order chi connectivity index (χ1) is 7.67. The molecule has 2 unspecified atom stereocenters. The van der Waals surface area contributed by atoms with Gasteiger partial charge in [-0.05, 0) is 32.1 Å². The van der Waals surface area contributed by atoms with Crippen molar-refractivity contribution in [2.75, 3.05) is 17.7 Å². The Hall–Kier alpha value is -1.32. The van der Waals surface area contributed by atoms with Gasteiger partial charge < -0.3 is 10.6 Å². The highest BCUT2D eigenvalue weighted by molar-refractivity contribution is 5.47. The van der Waals surface area contributed by atoms with Gasteiger partial charge in [0.15, 0.2) is 0 Å². The standard InChI is InChI=1S/C12H20N4/c1-8-4-5-10(6-8)16-12-7-11(13-3)14-9(2)15-12/h7-8,10H,4-6H2,1-3H3,(H2,13,14,15,16). The molecule has 1 aliphatic rings. The molecule has 1 aromatic rings.